The quantitative estimate of drug-likeness (QED) is 0.700. The summed E-state index contributed by atoms with van der Waals surface area (Å²) in [6, 6.07) is 0. The van der Waals surface area contributed by atoms with Crippen molar-refractivity contribution in [1.29, 1.82) is 0 Å². The first-order valence-electron chi connectivity index (χ1n) is 12.3. The average molecular weight is 370 g/mol. The minimum atomic E-state index is -1.10. The molecule has 0 aromatic carbocycles. The molecule has 4 aliphatic carbocycles. The van der Waals surface area contributed by atoms with Crippen molar-refractivity contribution in [2.24, 2.45) is 29.1 Å². The van der Waals surface area contributed by atoms with Crippen LogP contribution < -0.4 is 0 Å². The molecule has 0 aromatic rings. The number of rotatable bonds is 2. The van der Waals surface area contributed by atoms with Crippen molar-refractivity contribution < 1.29 is 7.85 Å². The summed E-state index contributed by atoms with van der Waals surface area (Å²) in [5.41, 5.74) is 1.28. The first-order valence-corrected chi connectivity index (χ1v) is 11.2. The van der Waals surface area contributed by atoms with Crippen LogP contribution in [0.3, 0.4) is 0 Å². The normalized spacial score (nSPS) is 52.6. The second-order valence-electron chi connectivity index (χ2n) is 9.54. The third kappa shape index (κ3) is 2.43. The SMILES string of the molecule is [3H]C1C[C@@]2(CC)[C@@H](CC[C@@]2(O)C#C)[C@@H]2CC=C3C=C(N4CCCC4)CC[C@@H]3[C@@]12[3H]. The number of fused-ring (bicyclic) bond motifs is 5. The first kappa shape index (κ1) is 15.7. The summed E-state index contributed by atoms with van der Waals surface area (Å²) in [6.07, 6.45) is 18.5. The number of aliphatic hydroxyl groups is 1. The lowest BCUT2D eigenvalue weighted by Gasteiger charge is -2.55. The van der Waals surface area contributed by atoms with Crippen LogP contribution in [0, 0.1) is 41.4 Å². The Labute approximate surface area is 167 Å². The van der Waals surface area contributed by atoms with Crippen molar-refractivity contribution in [3.63, 3.8) is 0 Å². The number of terminal acetylenes is 1. The van der Waals surface area contributed by atoms with Crippen LogP contribution in [-0.4, -0.2) is 28.7 Å². The fourth-order valence-corrected chi connectivity index (χ4v) is 7.30. The van der Waals surface area contributed by atoms with Crippen LogP contribution in [0.1, 0.15) is 73.8 Å². The van der Waals surface area contributed by atoms with Gasteiger partial charge in [0.1, 0.15) is 5.60 Å². The monoisotopic (exact) mass is 369 g/mol. The maximum Gasteiger partial charge on any atom is 0.131 e. The van der Waals surface area contributed by atoms with E-state index in [0.717, 1.165) is 32.1 Å². The van der Waals surface area contributed by atoms with E-state index in [1.807, 2.05) is 0 Å². The first-order chi connectivity index (χ1) is 13.9. The zero-order valence-corrected chi connectivity index (χ0v) is 16.7. The molecular weight excluding hydrogens is 330 g/mol. The van der Waals surface area contributed by atoms with E-state index < -0.39 is 17.9 Å². The van der Waals surface area contributed by atoms with Crippen molar-refractivity contribution in [3.05, 3.63) is 23.4 Å². The highest BCUT2D eigenvalue weighted by molar-refractivity contribution is 5.34. The summed E-state index contributed by atoms with van der Waals surface area (Å²) in [5.74, 6) is 2.54. The van der Waals surface area contributed by atoms with E-state index in [1.54, 1.807) is 0 Å². The number of hydrogen-bond acceptors (Lipinski definition) is 2. The highest BCUT2D eigenvalue weighted by atomic mass is 16.3. The summed E-state index contributed by atoms with van der Waals surface area (Å²) in [5, 5.41) is 11.3. The molecule has 7 atom stereocenters. The lowest BCUT2D eigenvalue weighted by molar-refractivity contribution is -0.0944. The Balaban J connectivity index is 1.52. The van der Waals surface area contributed by atoms with E-state index in [-0.39, 0.29) is 23.2 Å². The van der Waals surface area contributed by atoms with E-state index in [2.05, 4.69) is 29.9 Å². The lowest BCUT2D eigenvalue weighted by atomic mass is 9.50. The molecule has 1 heterocycles. The van der Waals surface area contributed by atoms with Gasteiger partial charge in [-0.3, -0.25) is 0 Å². The second-order valence-corrected chi connectivity index (χ2v) is 9.54. The van der Waals surface area contributed by atoms with Crippen LogP contribution in [0.5, 0.6) is 0 Å². The molecule has 27 heavy (non-hydrogen) atoms. The molecule has 0 bridgehead atoms. The average Bonchev–Trinajstić information content (AvgIpc) is 3.36. The Kier molecular flexibility index (Phi) is 3.73. The largest absolute Gasteiger partial charge is 0.377 e. The molecule has 3 fully saturated rings. The molecule has 5 aliphatic rings. The van der Waals surface area contributed by atoms with Gasteiger partial charge >= 0.3 is 0 Å². The lowest BCUT2D eigenvalue weighted by Crippen LogP contribution is -2.53. The summed E-state index contributed by atoms with van der Waals surface area (Å²) in [7, 11) is 0. The van der Waals surface area contributed by atoms with Gasteiger partial charge in [0.15, 0.2) is 0 Å². The van der Waals surface area contributed by atoms with Gasteiger partial charge in [-0.1, -0.05) is 18.9 Å². The summed E-state index contributed by atoms with van der Waals surface area (Å²) in [6.45, 7) is 4.47. The molecule has 2 nitrogen and oxygen atoms in total. The Morgan fingerprint density at radius 1 is 1.37 bits per heavy atom. The summed E-state index contributed by atoms with van der Waals surface area (Å²) >= 11 is 0. The highest BCUT2D eigenvalue weighted by Crippen LogP contribution is 2.65. The van der Waals surface area contributed by atoms with Crippen molar-refractivity contribution in [3.8, 4) is 12.3 Å². The van der Waals surface area contributed by atoms with E-state index in [0.29, 0.717) is 12.8 Å². The minimum absolute atomic E-state index is 0.136. The zero-order chi connectivity index (χ0) is 20.4. The van der Waals surface area contributed by atoms with E-state index in [1.165, 1.54) is 37.2 Å². The molecule has 1 aliphatic heterocycles. The van der Waals surface area contributed by atoms with Gasteiger partial charge in [0.2, 0.25) is 0 Å². The van der Waals surface area contributed by atoms with Crippen LogP contribution in [0.4, 0.5) is 0 Å². The molecule has 1 unspecified atom stereocenters. The van der Waals surface area contributed by atoms with Crippen LogP contribution in [0.25, 0.3) is 0 Å². The van der Waals surface area contributed by atoms with Gasteiger partial charge in [-0.15, -0.1) is 6.42 Å². The molecule has 0 spiro atoms. The third-order valence-corrected chi connectivity index (χ3v) is 8.78. The topological polar surface area (TPSA) is 23.5 Å². The molecule has 2 heteroatoms. The van der Waals surface area contributed by atoms with Gasteiger partial charge in [0.25, 0.3) is 0 Å². The maximum atomic E-state index is 11.3. The molecule has 0 radical (unpaired) electrons. The van der Waals surface area contributed by atoms with Crippen molar-refractivity contribution in [1.82, 2.24) is 4.90 Å². The van der Waals surface area contributed by atoms with Gasteiger partial charge in [-0.05, 0) is 99.5 Å². The molecule has 1 saturated heterocycles. The van der Waals surface area contributed by atoms with Crippen molar-refractivity contribution >= 4 is 0 Å². The number of nitrogens with zero attached hydrogens (tertiary/aromatic N) is 1. The molecule has 146 valence electrons. The Hall–Kier alpha value is -1.20. The standard InChI is InChI=1S/C25H35NO/c1-3-24-13-11-21-20-10-8-19(26-15-5-6-16-26)17-18(20)7-9-22(21)23(24)12-14-25(24,27)4-2/h2,7,17,20-23,27H,3,5-6,8-16H2,1H3/t20-,21+,22+,23-,24-,25-/m0/s1/i11T,21T/t11?,20-,21+,22+,23-,24-,25-. The summed E-state index contributed by atoms with van der Waals surface area (Å²) in [4.78, 5) is 2.53. The van der Waals surface area contributed by atoms with Gasteiger partial charge < -0.3 is 10.0 Å². The maximum absolute atomic E-state index is 11.3. The summed E-state index contributed by atoms with van der Waals surface area (Å²) < 4.78 is 18.8. The van der Waals surface area contributed by atoms with Crippen LogP contribution in [0.15, 0.2) is 23.4 Å². The smallest absolute Gasteiger partial charge is 0.131 e. The molecule has 2 saturated carbocycles. The van der Waals surface area contributed by atoms with E-state index in [9.17, 15) is 6.48 Å². The van der Waals surface area contributed by atoms with Gasteiger partial charge in [0.05, 0.1) is 0 Å². The van der Waals surface area contributed by atoms with Crippen molar-refractivity contribution in [2.75, 3.05) is 13.1 Å². The fourth-order valence-electron chi connectivity index (χ4n) is 7.30. The Morgan fingerprint density at radius 2 is 2.19 bits per heavy atom. The van der Waals surface area contributed by atoms with Crippen LogP contribution in [-0.2, 0) is 0 Å². The molecule has 5 rings (SSSR count). The Bertz CT molecular complexity index is 793. The van der Waals surface area contributed by atoms with Gasteiger partial charge in [0, 0.05) is 26.9 Å². The van der Waals surface area contributed by atoms with Crippen molar-refractivity contribution in [2.45, 2.75) is 76.7 Å². The van der Waals surface area contributed by atoms with E-state index in [4.69, 9.17) is 7.79 Å². The van der Waals surface area contributed by atoms with Crippen LogP contribution >= 0.6 is 0 Å². The van der Waals surface area contributed by atoms with Gasteiger partial charge in [-0.25, -0.2) is 0 Å². The third-order valence-electron chi connectivity index (χ3n) is 8.78. The molecular formula is C25H35NO. The van der Waals surface area contributed by atoms with Gasteiger partial charge in [-0.2, -0.15) is 0 Å². The molecule has 0 amide bonds. The zero-order valence-electron chi connectivity index (χ0n) is 18.7. The fraction of sp³-hybridized carbons (Fsp3) is 0.760. The number of likely N-dealkylation sites (tertiary alicyclic amines) is 1. The molecule has 0 aromatic heterocycles. The predicted octanol–water partition coefficient (Wildman–Crippen LogP) is 4.90. The minimum Gasteiger partial charge on any atom is -0.377 e. The predicted molar refractivity (Wildman–Crippen MR) is 110 cm³/mol. The van der Waals surface area contributed by atoms with E-state index >= 15 is 0 Å². The van der Waals surface area contributed by atoms with Crippen LogP contribution in [0.2, 0.25) is 0 Å². The number of allylic oxidation sites excluding steroid dienone is 4. The highest BCUT2D eigenvalue weighted by Gasteiger charge is 2.63. The number of hydrogen-bond donors (Lipinski definition) is 1. The molecule has 1 N–H and O–H groups in total. The Morgan fingerprint density at radius 3 is 2.93 bits per heavy atom. The second kappa shape index (κ2) is 6.41.